The van der Waals surface area contributed by atoms with Crippen LogP contribution in [0.2, 0.25) is 5.02 Å². The molecule has 0 heterocycles. The summed E-state index contributed by atoms with van der Waals surface area (Å²) in [5, 5.41) is 12.2. The Kier molecular flexibility index (Phi) is 3.86. The van der Waals surface area contributed by atoms with Crippen LogP contribution in [0.5, 0.6) is 0 Å². The minimum absolute atomic E-state index is 0.386. The molecule has 2 rings (SSSR count). The molecule has 1 N–H and O–H groups in total. The molecule has 0 unspecified atom stereocenters. The average molecular weight is 297 g/mol. The van der Waals surface area contributed by atoms with Gasteiger partial charge in [-0.25, -0.2) is 0 Å². The number of nitriles is 1. The van der Waals surface area contributed by atoms with Gasteiger partial charge in [0.15, 0.2) is 0 Å². The highest BCUT2D eigenvalue weighted by Gasteiger charge is 2.33. The van der Waals surface area contributed by atoms with Gasteiger partial charge in [-0.05, 0) is 36.4 Å². The fourth-order valence-corrected chi connectivity index (χ4v) is 1.88. The van der Waals surface area contributed by atoms with Gasteiger partial charge in [-0.15, -0.1) is 0 Å². The molecular formula is C14H8ClF3N2. The summed E-state index contributed by atoms with van der Waals surface area (Å²) in [4.78, 5) is 0. The summed E-state index contributed by atoms with van der Waals surface area (Å²) in [6.07, 6.45) is -4.54. The Hall–Kier alpha value is -2.19. The van der Waals surface area contributed by atoms with Crippen molar-refractivity contribution in [1.82, 2.24) is 0 Å². The van der Waals surface area contributed by atoms with Crippen molar-refractivity contribution in [2.75, 3.05) is 5.32 Å². The van der Waals surface area contributed by atoms with E-state index in [1.807, 2.05) is 0 Å². The molecule has 2 nitrogen and oxygen atoms in total. The van der Waals surface area contributed by atoms with Crippen molar-refractivity contribution in [3.8, 4) is 6.07 Å². The molecule has 0 aromatic heterocycles. The summed E-state index contributed by atoms with van der Waals surface area (Å²) in [5.74, 6) is 0. The number of nitrogens with zero attached hydrogens (tertiary/aromatic N) is 1. The summed E-state index contributed by atoms with van der Waals surface area (Å²) < 4.78 is 38.0. The van der Waals surface area contributed by atoms with Crippen LogP contribution in [0.15, 0.2) is 42.5 Å². The Balaban J connectivity index is 2.34. The zero-order valence-corrected chi connectivity index (χ0v) is 10.8. The van der Waals surface area contributed by atoms with Crippen LogP contribution in [0.3, 0.4) is 0 Å². The molecule has 0 atom stereocenters. The first kappa shape index (κ1) is 14.2. The second kappa shape index (κ2) is 5.43. The lowest BCUT2D eigenvalue weighted by Crippen LogP contribution is -2.08. The fourth-order valence-electron chi connectivity index (χ4n) is 1.69. The molecular weight excluding hydrogens is 289 g/mol. The Bertz CT molecular complexity index is 675. The third-order valence-electron chi connectivity index (χ3n) is 2.56. The highest BCUT2D eigenvalue weighted by Crippen LogP contribution is 2.33. The SMILES string of the molecule is N#Cc1cc(Nc2cccc(Cl)c2)ccc1C(F)(F)F. The van der Waals surface area contributed by atoms with Gasteiger partial charge in [0.2, 0.25) is 0 Å². The van der Waals surface area contributed by atoms with E-state index in [0.29, 0.717) is 16.4 Å². The minimum atomic E-state index is -4.54. The van der Waals surface area contributed by atoms with Gasteiger partial charge in [0.1, 0.15) is 0 Å². The van der Waals surface area contributed by atoms with Gasteiger partial charge >= 0.3 is 6.18 Å². The number of nitrogens with one attached hydrogen (secondary N) is 1. The second-order valence-corrected chi connectivity index (χ2v) is 4.44. The number of hydrogen-bond acceptors (Lipinski definition) is 2. The molecule has 0 saturated heterocycles. The van der Waals surface area contributed by atoms with Gasteiger partial charge in [-0.3, -0.25) is 0 Å². The van der Waals surface area contributed by atoms with Crippen LogP contribution in [0.25, 0.3) is 0 Å². The molecule has 0 amide bonds. The van der Waals surface area contributed by atoms with Crippen molar-refractivity contribution < 1.29 is 13.2 Å². The molecule has 0 bridgehead atoms. The standard InChI is InChI=1S/C14H8ClF3N2/c15-10-2-1-3-11(7-10)20-12-4-5-13(14(16,17)18)9(6-12)8-19/h1-7,20H. The van der Waals surface area contributed by atoms with Gasteiger partial charge in [0.25, 0.3) is 0 Å². The van der Waals surface area contributed by atoms with Gasteiger partial charge < -0.3 is 5.32 Å². The predicted octanol–water partition coefficient (Wildman–Crippen LogP) is 4.97. The topological polar surface area (TPSA) is 35.8 Å². The fraction of sp³-hybridized carbons (Fsp3) is 0.0714. The normalized spacial score (nSPS) is 10.9. The van der Waals surface area contributed by atoms with Crippen LogP contribution in [0.1, 0.15) is 11.1 Å². The largest absolute Gasteiger partial charge is 0.417 e. The van der Waals surface area contributed by atoms with Crippen LogP contribution in [-0.2, 0) is 6.18 Å². The lowest BCUT2D eigenvalue weighted by molar-refractivity contribution is -0.137. The third-order valence-corrected chi connectivity index (χ3v) is 2.79. The molecule has 2 aromatic carbocycles. The summed E-state index contributed by atoms with van der Waals surface area (Å²) in [5.41, 5.74) is -0.362. The molecule has 0 radical (unpaired) electrons. The zero-order valence-electron chi connectivity index (χ0n) is 10.0. The average Bonchev–Trinajstić information content (AvgIpc) is 2.37. The maximum Gasteiger partial charge on any atom is 0.417 e. The highest BCUT2D eigenvalue weighted by molar-refractivity contribution is 6.30. The summed E-state index contributed by atoms with van der Waals surface area (Å²) in [7, 11) is 0. The van der Waals surface area contributed by atoms with E-state index >= 15 is 0 Å². The Morgan fingerprint density at radius 1 is 1.05 bits per heavy atom. The van der Waals surface area contributed by atoms with Crippen molar-refractivity contribution in [2.24, 2.45) is 0 Å². The first-order valence-corrected chi connectivity index (χ1v) is 5.92. The number of rotatable bonds is 2. The van der Waals surface area contributed by atoms with Crippen molar-refractivity contribution in [3.05, 3.63) is 58.6 Å². The van der Waals surface area contributed by atoms with Gasteiger partial charge in [-0.1, -0.05) is 17.7 Å². The smallest absolute Gasteiger partial charge is 0.355 e. The summed E-state index contributed by atoms with van der Waals surface area (Å²) in [6, 6.07) is 11.6. The lowest BCUT2D eigenvalue weighted by atomic mass is 10.1. The molecule has 102 valence electrons. The molecule has 2 aromatic rings. The monoisotopic (exact) mass is 296 g/mol. The maximum atomic E-state index is 12.7. The van der Waals surface area contributed by atoms with Crippen molar-refractivity contribution in [2.45, 2.75) is 6.18 Å². The Morgan fingerprint density at radius 2 is 1.75 bits per heavy atom. The number of anilines is 2. The Labute approximate surface area is 118 Å². The highest BCUT2D eigenvalue weighted by atomic mass is 35.5. The van der Waals surface area contributed by atoms with Crippen molar-refractivity contribution in [1.29, 1.82) is 5.26 Å². The van der Waals surface area contributed by atoms with E-state index in [4.69, 9.17) is 16.9 Å². The van der Waals surface area contributed by atoms with Crippen LogP contribution >= 0.6 is 11.6 Å². The molecule has 0 spiro atoms. The molecule has 0 aliphatic carbocycles. The van der Waals surface area contributed by atoms with Crippen molar-refractivity contribution in [3.63, 3.8) is 0 Å². The minimum Gasteiger partial charge on any atom is -0.355 e. The van der Waals surface area contributed by atoms with Gasteiger partial charge in [0, 0.05) is 16.4 Å². The predicted molar refractivity (Wildman–Crippen MR) is 70.9 cm³/mol. The molecule has 6 heteroatoms. The zero-order chi connectivity index (χ0) is 14.8. The first-order valence-electron chi connectivity index (χ1n) is 5.54. The summed E-state index contributed by atoms with van der Waals surface area (Å²) in [6.45, 7) is 0. The maximum absolute atomic E-state index is 12.7. The first-order chi connectivity index (χ1) is 9.40. The third kappa shape index (κ3) is 3.22. The van der Waals surface area contributed by atoms with E-state index in [1.54, 1.807) is 30.3 Å². The molecule has 0 fully saturated rings. The molecule has 20 heavy (non-hydrogen) atoms. The number of benzene rings is 2. The summed E-state index contributed by atoms with van der Waals surface area (Å²) >= 11 is 5.81. The quantitative estimate of drug-likeness (QED) is 0.849. The molecule has 0 saturated carbocycles. The second-order valence-electron chi connectivity index (χ2n) is 4.01. The van der Waals surface area contributed by atoms with E-state index in [0.717, 1.165) is 12.1 Å². The van der Waals surface area contributed by atoms with Crippen LogP contribution in [0, 0.1) is 11.3 Å². The van der Waals surface area contributed by atoms with Gasteiger partial charge in [-0.2, -0.15) is 18.4 Å². The number of hydrogen-bond donors (Lipinski definition) is 1. The van der Waals surface area contributed by atoms with Crippen LogP contribution in [0.4, 0.5) is 24.5 Å². The molecule has 0 aliphatic rings. The van der Waals surface area contributed by atoms with Crippen molar-refractivity contribution >= 4 is 23.0 Å². The van der Waals surface area contributed by atoms with Crippen LogP contribution in [-0.4, -0.2) is 0 Å². The Morgan fingerprint density at radius 3 is 2.35 bits per heavy atom. The van der Waals surface area contributed by atoms with E-state index in [1.165, 1.54) is 6.07 Å². The molecule has 0 aliphatic heterocycles. The number of alkyl halides is 3. The number of halogens is 4. The van der Waals surface area contributed by atoms with E-state index in [-0.39, 0.29) is 0 Å². The van der Waals surface area contributed by atoms with Crippen LogP contribution < -0.4 is 5.32 Å². The van der Waals surface area contributed by atoms with E-state index in [9.17, 15) is 13.2 Å². The van der Waals surface area contributed by atoms with E-state index < -0.39 is 17.3 Å². The van der Waals surface area contributed by atoms with E-state index in [2.05, 4.69) is 5.32 Å². The van der Waals surface area contributed by atoms with Gasteiger partial charge in [0.05, 0.1) is 17.2 Å². The lowest BCUT2D eigenvalue weighted by Gasteiger charge is -2.11.